The van der Waals surface area contributed by atoms with E-state index in [1.165, 1.54) is 35.4 Å². The molecule has 6 rings (SSSR count). The number of halogens is 2. The van der Waals surface area contributed by atoms with Gasteiger partial charge in [-0.1, -0.05) is 26.5 Å². The second-order valence-corrected chi connectivity index (χ2v) is 11.1. The second-order valence-electron chi connectivity index (χ2n) is 11.1. The number of benzene rings is 1. The number of piperazine rings is 1. The first-order valence-electron chi connectivity index (χ1n) is 14.2. The van der Waals surface area contributed by atoms with Crippen LogP contribution >= 0.6 is 0 Å². The predicted octanol–water partition coefficient (Wildman–Crippen LogP) is 3.77. The van der Waals surface area contributed by atoms with E-state index in [9.17, 15) is 14.7 Å². The molecule has 2 atom stereocenters. The third-order valence-corrected chi connectivity index (χ3v) is 7.87. The molecule has 2 bridgehead atoms. The maximum atomic E-state index is 16.1. The Labute approximate surface area is 252 Å². The Morgan fingerprint density at radius 2 is 2.02 bits per heavy atom. The summed E-state index contributed by atoms with van der Waals surface area (Å²) in [6.45, 7) is 9.86. The second kappa shape index (κ2) is 11.3. The van der Waals surface area contributed by atoms with Crippen LogP contribution in [0.15, 0.2) is 54.2 Å². The Balaban J connectivity index is 1.60. The highest BCUT2D eigenvalue weighted by Gasteiger charge is 2.39. The quantitative estimate of drug-likeness (QED) is 0.425. The van der Waals surface area contributed by atoms with E-state index < -0.39 is 30.5 Å². The van der Waals surface area contributed by atoms with E-state index in [1.807, 2.05) is 25.7 Å². The van der Waals surface area contributed by atoms with Gasteiger partial charge < -0.3 is 25.0 Å². The standard InChI is InChI=1S/C31H31F2N7O4/c1-5-24(42)38-11-12-39(17(4)14-38)29-18-13-20(33)27-25-19(32)7-6-8-21(25)35-23(41)15-44-22-9-10-34-26(16(2)3)28(22)40(30(18)36-27)31(43)37-29/h5-10,13,16-17,31,43H,1,11-12,14-15H2,2-4H3,(H,35,41)/t17-,31?/m1/s1. The van der Waals surface area contributed by atoms with E-state index in [4.69, 9.17) is 4.74 Å². The summed E-state index contributed by atoms with van der Waals surface area (Å²) in [6, 6.07) is 6.49. The molecule has 1 aromatic carbocycles. The minimum atomic E-state index is -1.58. The Hall–Kier alpha value is -4.91. The van der Waals surface area contributed by atoms with Gasteiger partial charge in [0.1, 0.15) is 34.6 Å². The van der Waals surface area contributed by atoms with Gasteiger partial charge in [-0.15, -0.1) is 0 Å². The summed E-state index contributed by atoms with van der Waals surface area (Å²) in [5.74, 6) is -2.06. The molecule has 1 unspecified atom stereocenters. The fourth-order valence-electron chi connectivity index (χ4n) is 5.83. The fraction of sp³-hybridized carbons (Fsp3) is 0.323. The summed E-state index contributed by atoms with van der Waals surface area (Å²) in [6.07, 6.45) is 1.21. The van der Waals surface area contributed by atoms with Crippen molar-refractivity contribution in [2.45, 2.75) is 39.1 Å². The number of aliphatic hydroxyl groups is 1. The zero-order chi connectivity index (χ0) is 31.3. The lowest BCUT2D eigenvalue weighted by Crippen LogP contribution is -2.56. The SMILES string of the molecule is C=CC(=O)N1CCN(C2=NC(O)N3c4nc(c(F)cc42)-c2c(F)cccc2NC(=O)COc2ccnc(C(C)C)c23)[C@H](C)C1. The van der Waals surface area contributed by atoms with Gasteiger partial charge in [0.2, 0.25) is 12.3 Å². The third-order valence-electron chi connectivity index (χ3n) is 7.87. The maximum absolute atomic E-state index is 16.1. The summed E-state index contributed by atoms with van der Waals surface area (Å²) < 4.78 is 37.5. The van der Waals surface area contributed by atoms with Crippen LogP contribution in [-0.2, 0) is 9.59 Å². The molecule has 0 saturated carbocycles. The number of fused-ring (bicyclic) bond motifs is 5. The van der Waals surface area contributed by atoms with Crippen molar-refractivity contribution in [3.63, 3.8) is 0 Å². The van der Waals surface area contributed by atoms with Crippen LogP contribution in [-0.4, -0.2) is 81.2 Å². The maximum Gasteiger partial charge on any atom is 0.262 e. The number of aliphatic hydroxyl groups excluding tert-OH is 1. The van der Waals surface area contributed by atoms with Gasteiger partial charge in [-0.3, -0.25) is 19.5 Å². The van der Waals surface area contributed by atoms with Crippen molar-refractivity contribution in [1.29, 1.82) is 0 Å². The number of amides is 2. The Morgan fingerprint density at radius 1 is 1.23 bits per heavy atom. The number of aromatic nitrogens is 2. The van der Waals surface area contributed by atoms with Gasteiger partial charge in [-0.2, -0.15) is 0 Å². The van der Waals surface area contributed by atoms with E-state index in [2.05, 4.69) is 26.9 Å². The minimum absolute atomic E-state index is 0.0109. The molecule has 1 saturated heterocycles. The molecule has 2 N–H and O–H groups in total. The van der Waals surface area contributed by atoms with Crippen molar-refractivity contribution >= 4 is 34.8 Å². The third kappa shape index (κ3) is 4.92. The zero-order valence-electron chi connectivity index (χ0n) is 24.4. The van der Waals surface area contributed by atoms with E-state index in [0.29, 0.717) is 31.0 Å². The fourth-order valence-corrected chi connectivity index (χ4v) is 5.83. The van der Waals surface area contributed by atoms with Crippen LogP contribution in [0.3, 0.4) is 0 Å². The molecule has 0 spiro atoms. The lowest BCUT2D eigenvalue weighted by molar-refractivity contribution is -0.128. The van der Waals surface area contributed by atoms with Crippen molar-refractivity contribution in [3.05, 3.63) is 72.1 Å². The van der Waals surface area contributed by atoms with Gasteiger partial charge in [0.25, 0.3) is 5.91 Å². The number of carbonyl (C=O) groups is 2. The molecule has 2 aromatic heterocycles. The zero-order valence-corrected chi connectivity index (χ0v) is 24.4. The molecule has 3 aliphatic heterocycles. The predicted molar refractivity (Wildman–Crippen MR) is 160 cm³/mol. The molecular formula is C31H31F2N7O4. The molecule has 13 heteroatoms. The number of carbonyl (C=O) groups excluding carboxylic acids is 2. The van der Waals surface area contributed by atoms with Gasteiger partial charge >= 0.3 is 0 Å². The van der Waals surface area contributed by atoms with Gasteiger partial charge in [0, 0.05) is 37.9 Å². The summed E-state index contributed by atoms with van der Waals surface area (Å²) >= 11 is 0. The topological polar surface area (TPSA) is 123 Å². The molecule has 0 aliphatic carbocycles. The number of amidine groups is 1. The van der Waals surface area contributed by atoms with E-state index in [-0.39, 0.29) is 57.8 Å². The molecule has 3 aliphatic rings. The molecular weight excluding hydrogens is 572 g/mol. The first kappa shape index (κ1) is 29.2. The molecule has 1 fully saturated rings. The van der Waals surface area contributed by atoms with Crippen molar-refractivity contribution in [2.75, 3.05) is 36.5 Å². The number of pyridine rings is 2. The molecule has 11 nitrogen and oxygen atoms in total. The molecule has 0 radical (unpaired) electrons. The van der Waals surface area contributed by atoms with Crippen LogP contribution in [0.25, 0.3) is 11.3 Å². The van der Waals surface area contributed by atoms with Crippen LogP contribution in [0.4, 0.5) is 26.0 Å². The summed E-state index contributed by atoms with van der Waals surface area (Å²) in [7, 11) is 0. The number of ether oxygens (including phenoxy) is 1. The highest BCUT2D eigenvalue weighted by Crippen LogP contribution is 2.45. The Bertz CT molecular complexity index is 1710. The number of nitrogens with zero attached hydrogens (tertiary/aromatic N) is 6. The highest BCUT2D eigenvalue weighted by atomic mass is 19.1. The summed E-state index contributed by atoms with van der Waals surface area (Å²) in [5, 5.41) is 14.3. The number of anilines is 3. The van der Waals surface area contributed by atoms with E-state index in [1.54, 1.807) is 11.0 Å². The monoisotopic (exact) mass is 603 g/mol. The summed E-state index contributed by atoms with van der Waals surface area (Å²) in [4.78, 5) is 43.9. The lowest BCUT2D eigenvalue weighted by Gasteiger charge is -2.44. The number of rotatable bonds is 2. The number of nitrogens with one attached hydrogen (secondary N) is 1. The van der Waals surface area contributed by atoms with E-state index >= 15 is 8.78 Å². The average molecular weight is 604 g/mol. The Morgan fingerprint density at radius 3 is 2.75 bits per heavy atom. The van der Waals surface area contributed by atoms with Gasteiger partial charge in [0.05, 0.1) is 22.5 Å². The molecule has 5 heterocycles. The van der Waals surface area contributed by atoms with Crippen LogP contribution in [0.2, 0.25) is 0 Å². The first-order chi connectivity index (χ1) is 21.1. The van der Waals surface area contributed by atoms with Crippen LogP contribution in [0.1, 0.15) is 37.9 Å². The minimum Gasteiger partial charge on any atom is -0.481 e. The normalized spacial score (nSPS) is 19.6. The van der Waals surface area contributed by atoms with Crippen LogP contribution in [0, 0.1) is 11.6 Å². The van der Waals surface area contributed by atoms with E-state index in [0.717, 1.165) is 6.07 Å². The Kier molecular flexibility index (Phi) is 7.49. The molecule has 228 valence electrons. The van der Waals surface area contributed by atoms with Crippen molar-refractivity contribution in [2.24, 2.45) is 4.99 Å². The highest BCUT2D eigenvalue weighted by molar-refractivity contribution is 6.06. The van der Waals surface area contributed by atoms with Gasteiger partial charge in [-0.05, 0) is 37.1 Å². The van der Waals surface area contributed by atoms with Crippen LogP contribution < -0.4 is 15.0 Å². The summed E-state index contributed by atoms with van der Waals surface area (Å²) in [5.41, 5.74) is 0.448. The number of hydrogen-bond donors (Lipinski definition) is 2. The smallest absolute Gasteiger partial charge is 0.262 e. The lowest BCUT2D eigenvalue weighted by atomic mass is 10.0. The van der Waals surface area contributed by atoms with Gasteiger partial charge in [0.15, 0.2) is 12.4 Å². The van der Waals surface area contributed by atoms with Crippen molar-refractivity contribution < 1.29 is 28.2 Å². The van der Waals surface area contributed by atoms with Crippen LogP contribution in [0.5, 0.6) is 5.75 Å². The molecule has 3 aromatic rings. The molecule has 2 amide bonds. The number of aliphatic imine (C=N–C) groups is 1. The number of hydrogen-bond acceptors (Lipinski definition) is 9. The average Bonchev–Trinajstić information content (AvgIpc) is 2.99. The first-order valence-corrected chi connectivity index (χ1v) is 14.2. The largest absolute Gasteiger partial charge is 0.481 e. The van der Waals surface area contributed by atoms with Gasteiger partial charge in [-0.25, -0.2) is 18.8 Å². The van der Waals surface area contributed by atoms with Crippen molar-refractivity contribution in [3.8, 4) is 17.0 Å². The molecule has 44 heavy (non-hydrogen) atoms. The van der Waals surface area contributed by atoms with Crippen molar-refractivity contribution in [1.82, 2.24) is 19.8 Å².